The molecule has 28 heavy (non-hydrogen) atoms. The van der Waals surface area contributed by atoms with Gasteiger partial charge in [-0.15, -0.1) is 0 Å². The summed E-state index contributed by atoms with van der Waals surface area (Å²) in [5.74, 6) is 0.152. The van der Waals surface area contributed by atoms with Crippen molar-refractivity contribution >= 4 is 16.9 Å². The van der Waals surface area contributed by atoms with E-state index in [9.17, 15) is 9.59 Å². The molecule has 6 heteroatoms. The molecule has 1 atom stereocenters. The number of hydrogen-bond acceptors (Lipinski definition) is 5. The van der Waals surface area contributed by atoms with Crippen LogP contribution in [0.5, 0.6) is 0 Å². The molecule has 152 valence electrons. The predicted molar refractivity (Wildman–Crippen MR) is 109 cm³/mol. The Labute approximate surface area is 165 Å². The van der Waals surface area contributed by atoms with Crippen LogP contribution in [0.1, 0.15) is 36.5 Å². The summed E-state index contributed by atoms with van der Waals surface area (Å²) in [5.41, 5.74) is 3.62. The van der Waals surface area contributed by atoms with Crippen LogP contribution in [0.15, 0.2) is 27.4 Å². The van der Waals surface area contributed by atoms with Crippen molar-refractivity contribution in [1.82, 2.24) is 10.2 Å². The first kappa shape index (κ1) is 20.6. The summed E-state index contributed by atoms with van der Waals surface area (Å²) < 4.78 is 10.5. The van der Waals surface area contributed by atoms with E-state index >= 15 is 0 Å². The zero-order valence-corrected chi connectivity index (χ0v) is 17.2. The molecular weight excluding hydrogens is 356 g/mol. The predicted octanol–water partition coefficient (Wildman–Crippen LogP) is 2.77. The van der Waals surface area contributed by atoms with Crippen LogP contribution in [-0.2, 0) is 16.1 Å². The first-order valence-corrected chi connectivity index (χ1v) is 9.93. The van der Waals surface area contributed by atoms with Crippen LogP contribution in [0.3, 0.4) is 0 Å². The zero-order valence-electron chi connectivity index (χ0n) is 17.2. The maximum Gasteiger partial charge on any atom is 0.336 e. The highest BCUT2D eigenvalue weighted by Gasteiger charge is 2.26. The van der Waals surface area contributed by atoms with E-state index in [0.29, 0.717) is 18.7 Å². The molecule has 2 heterocycles. The van der Waals surface area contributed by atoms with Crippen molar-refractivity contribution in [3.8, 4) is 0 Å². The smallest absolute Gasteiger partial charge is 0.336 e. The maximum absolute atomic E-state index is 12.4. The minimum Gasteiger partial charge on any atom is -0.423 e. The second kappa shape index (κ2) is 8.88. The van der Waals surface area contributed by atoms with Gasteiger partial charge < -0.3 is 14.5 Å². The minimum absolute atomic E-state index is 0.0251. The first-order valence-electron chi connectivity index (χ1n) is 9.93. The molecule has 1 aromatic heterocycles. The highest BCUT2D eigenvalue weighted by molar-refractivity contribution is 5.82. The van der Waals surface area contributed by atoms with E-state index in [4.69, 9.17) is 9.15 Å². The van der Waals surface area contributed by atoms with Crippen molar-refractivity contribution in [1.29, 1.82) is 0 Å². The first-order chi connectivity index (χ1) is 13.4. The summed E-state index contributed by atoms with van der Waals surface area (Å²) in [4.78, 5) is 26.7. The molecule has 1 unspecified atom stereocenters. The zero-order chi connectivity index (χ0) is 20.3. The third-order valence-electron chi connectivity index (χ3n) is 5.60. The Morgan fingerprint density at radius 1 is 1.25 bits per heavy atom. The van der Waals surface area contributed by atoms with Crippen molar-refractivity contribution in [3.63, 3.8) is 0 Å². The lowest BCUT2D eigenvalue weighted by Crippen LogP contribution is -2.44. The normalized spacial score (nSPS) is 17.0. The van der Waals surface area contributed by atoms with Crippen molar-refractivity contribution in [2.24, 2.45) is 5.92 Å². The number of aryl methyl sites for hydroxylation is 2. The van der Waals surface area contributed by atoms with Gasteiger partial charge in [-0.05, 0) is 75.5 Å². The van der Waals surface area contributed by atoms with Gasteiger partial charge in [-0.3, -0.25) is 9.69 Å². The second-order valence-corrected chi connectivity index (χ2v) is 7.94. The molecule has 0 saturated carbocycles. The van der Waals surface area contributed by atoms with Crippen molar-refractivity contribution < 1.29 is 13.9 Å². The molecule has 1 aromatic carbocycles. The fourth-order valence-corrected chi connectivity index (χ4v) is 3.86. The fraction of sp³-hybridized carbons (Fsp3) is 0.545. The molecular formula is C22H30N2O4. The van der Waals surface area contributed by atoms with Gasteiger partial charge in [0, 0.05) is 37.1 Å². The molecule has 0 aliphatic carbocycles. The summed E-state index contributed by atoms with van der Waals surface area (Å²) >= 11 is 0. The van der Waals surface area contributed by atoms with E-state index in [-0.39, 0.29) is 23.5 Å². The molecule has 0 bridgehead atoms. The van der Waals surface area contributed by atoms with Crippen LogP contribution in [-0.4, -0.2) is 43.7 Å². The number of piperidine rings is 1. The third kappa shape index (κ3) is 4.80. The highest BCUT2D eigenvalue weighted by atomic mass is 16.5. The van der Waals surface area contributed by atoms with Gasteiger partial charge in [0.05, 0.1) is 6.61 Å². The van der Waals surface area contributed by atoms with Gasteiger partial charge in [0.2, 0.25) is 5.91 Å². The van der Waals surface area contributed by atoms with E-state index in [1.165, 1.54) is 5.56 Å². The average Bonchev–Trinajstić information content (AvgIpc) is 2.64. The van der Waals surface area contributed by atoms with Crippen molar-refractivity contribution in [2.45, 2.75) is 46.2 Å². The molecule has 2 aromatic rings. The molecule has 0 spiro atoms. The Bertz CT molecular complexity index is 897. The number of benzene rings is 1. The number of nitrogens with zero attached hydrogens (tertiary/aromatic N) is 1. The Morgan fingerprint density at radius 2 is 1.93 bits per heavy atom. The molecule has 1 amide bonds. The topological polar surface area (TPSA) is 71.8 Å². The summed E-state index contributed by atoms with van der Waals surface area (Å²) in [6, 6.07) is 5.66. The summed E-state index contributed by atoms with van der Waals surface area (Å²) in [7, 11) is 1.64. The van der Waals surface area contributed by atoms with E-state index in [2.05, 4.69) is 23.2 Å². The van der Waals surface area contributed by atoms with Gasteiger partial charge in [-0.1, -0.05) is 0 Å². The van der Waals surface area contributed by atoms with Gasteiger partial charge in [0.1, 0.15) is 5.58 Å². The fourth-order valence-electron chi connectivity index (χ4n) is 3.86. The van der Waals surface area contributed by atoms with Crippen molar-refractivity contribution in [3.05, 3.63) is 45.3 Å². The number of carbonyl (C=O) groups excluding carboxylic acids is 1. The monoisotopic (exact) mass is 386 g/mol. The SMILES string of the molecule is COCC(C)NC(=O)C1CCN(Cc2cc(=O)oc3cc(C)c(C)cc23)CC1. The largest absolute Gasteiger partial charge is 0.423 e. The number of amides is 1. The second-order valence-electron chi connectivity index (χ2n) is 7.94. The van der Waals surface area contributed by atoms with Crippen LogP contribution >= 0.6 is 0 Å². The van der Waals surface area contributed by atoms with E-state index in [1.54, 1.807) is 13.2 Å². The molecule has 1 saturated heterocycles. The van der Waals surface area contributed by atoms with Gasteiger partial charge in [0.25, 0.3) is 0 Å². The van der Waals surface area contributed by atoms with Crippen LogP contribution in [0.25, 0.3) is 11.0 Å². The number of carbonyl (C=O) groups is 1. The van der Waals surface area contributed by atoms with Crippen LogP contribution in [0.4, 0.5) is 0 Å². The highest BCUT2D eigenvalue weighted by Crippen LogP contribution is 2.25. The standard InChI is InChI=1S/C22H30N2O4/c1-14-9-19-18(11-21(25)28-20(19)10-15(14)2)12-24-7-5-17(6-8-24)22(26)23-16(3)13-27-4/h9-11,16-17H,5-8,12-13H2,1-4H3,(H,23,26). The number of methoxy groups -OCH3 is 1. The Kier molecular flexibility index (Phi) is 6.52. The lowest BCUT2D eigenvalue weighted by Gasteiger charge is -2.32. The molecule has 1 N–H and O–H groups in total. The van der Waals surface area contributed by atoms with E-state index in [1.807, 2.05) is 19.9 Å². The Balaban J connectivity index is 1.66. The number of hydrogen-bond donors (Lipinski definition) is 1. The molecule has 3 rings (SSSR count). The van der Waals surface area contributed by atoms with Crippen molar-refractivity contribution in [2.75, 3.05) is 26.8 Å². The Morgan fingerprint density at radius 3 is 2.61 bits per heavy atom. The molecule has 1 fully saturated rings. The number of rotatable bonds is 6. The third-order valence-corrected chi connectivity index (χ3v) is 5.60. The summed E-state index contributed by atoms with van der Waals surface area (Å²) in [5, 5.41) is 4.02. The van der Waals surface area contributed by atoms with Gasteiger partial charge in [0.15, 0.2) is 0 Å². The van der Waals surface area contributed by atoms with Gasteiger partial charge in [-0.25, -0.2) is 4.79 Å². The summed E-state index contributed by atoms with van der Waals surface area (Å²) in [6.45, 7) is 8.92. The number of likely N-dealkylation sites (tertiary alicyclic amines) is 1. The quantitative estimate of drug-likeness (QED) is 0.773. The van der Waals surface area contributed by atoms with E-state index < -0.39 is 0 Å². The van der Waals surface area contributed by atoms with Gasteiger partial charge >= 0.3 is 5.63 Å². The van der Waals surface area contributed by atoms with Crippen LogP contribution in [0.2, 0.25) is 0 Å². The summed E-state index contributed by atoms with van der Waals surface area (Å²) in [6.07, 6.45) is 1.64. The van der Waals surface area contributed by atoms with Crippen LogP contribution in [0, 0.1) is 19.8 Å². The molecule has 1 aliphatic rings. The minimum atomic E-state index is -0.313. The Hall–Kier alpha value is -2.18. The van der Waals surface area contributed by atoms with Crippen LogP contribution < -0.4 is 10.9 Å². The van der Waals surface area contributed by atoms with E-state index in [0.717, 1.165) is 42.4 Å². The number of nitrogens with one attached hydrogen (secondary N) is 1. The number of fused-ring (bicyclic) bond motifs is 1. The average molecular weight is 386 g/mol. The number of ether oxygens (including phenoxy) is 1. The maximum atomic E-state index is 12.4. The molecule has 6 nitrogen and oxygen atoms in total. The van der Waals surface area contributed by atoms with Gasteiger partial charge in [-0.2, -0.15) is 0 Å². The lowest BCUT2D eigenvalue weighted by atomic mass is 9.95. The lowest BCUT2D eigenvalue weighted by molar-refractivity contribution is -0.127. The molecule has 0 radical (unpaired) electrons. The molecule has 1 aliphatic heterocycles.